The number of benzene rings is 2. The Labute approximate surface area is 222 Å². The fraction of sp³-hybridized carbons (Fsp3) is 0.200. The number of aromatic nitrogens is 2. The van der Waals surface area contributed by atoms with E-state index >= 15 is 0 Å². The normalized spacial score (nSPS) is 15.8. The third kappa shape index (κ3) is 4.91. The molecule has 1 saturated heterocycles. The van der Waals surface area contributed by atoms with Crippen molar-refractivity contribution in [1.82, 2.24) is 19.8 Å². The lowest BCUT2D eigenvalue weighted by Gasteiger charge is -2.34. The summed E-state index contributed by atoms with van der Waals surface area (Å²) in [7, 11) is 0. The number of pyridine rings is 2. The second-order valence-electron chi connectivity index (χ2n) is 9.68. The summed E-state index contributed by atoms with van der Waals surface area (Å²) in [6, 6.07) is 23.8. The molecule has 0 aliphatic carbocycles. The molecule has 2 aliphatic heterocycles. The molecule has 2 aliphatic rings. The largest absolute Gasteiger partial charge is 0.338 e. The van der Waals surface area contributed by atoms with Gasteiger partial charge in [0.15, 0.2) is 5.82 Å². The van der Waals surface area contributed by atoms with Gasteiger partial charge >= 0.3 is 0 Å². The highest BCUT2D eigenvalue weighted by Crippen LogP contribution is 2.34. The van der Waals surface area contributed by atoms with Crippen molar-refractivity contribution in [2.24, 2.45) is 0 Å². The van der Waals surface area contributed by atoms with Gasteiger partial charge in [0.2, 0.25) is 0 Å². The van der Waals surface area contributed by atoms with Crippen molar-refractivity contribution >= 4 is 28.9 Å². The van der Waals surface area contributed by atoms with E-state index < -0.39 is 0 Å². The molecule has 0 spiro atoms. The van der Waals surface area contributed by atoms with Crippen LogP contribution in [-0.2, 0) is 13.1 Å². The van der Waals surface area contributed by atoms with Crippen LogP contribution in [0.3, 0.4) is 0 Å². The van der Waals surface area contributed by atoms with Gasteiger partial charge in [0, 0.05) is 69.0 Å². The quantitative estimate of drug-likeness (QED) is 0.270. The highest BCUT2D eigenvalue weighted by molar-refractivity contribution is 6.30. The van der Waals surface area contributed by atoms with Crippen LogP contribution in [0.15, 0.2) is 91.4 Å². The minimum Gasteiger partial charge on any atom is -0.338 e. The predicted molar refractivity (Wildman–Crippen MR) is 151 cm³/mol. The lowest BCUT2D eigenvalue weighted by molar-refractivity contribution is 0.122. The molecule has 190 valence electrons. The Balaban J connectivity index is 1.14. The molecular formula is C30H30N8. The summed E-state index contributed by atoms with van der Waals surface area (Å²) in [5, 5.41) is 21.4. The number of fused-ring (bicyclic) bond motifs is 2. The maximum absolute atomic E-state index is 9.07. The molecule has 2 aromatic carbocycles. The fourth-order valence-corrected chi connectivity index (χ4v) is 5.08. The molecule has 8 heteroatoms. The lowest BCUT2D eigenvalue weighted by atomic mass is 10.1. The number of rotatable bonds is 5. The van der Waals surface area contributed by atoms with Crippen LogP contribution >= 0.6 is 0 Å². The number of nitrogens with zero attached hydrogens (tertiary/aromatic N) is 5. The molecule has 0 saturated carbocycles. The molecule has 0 atom stereocenters. The molecule has 3 N–H and O–H groups in total. The Hall–Kier alpha value is -4.40. The van der Waals surface area contributed by atoms with Crippen LogP contribution in [0, 0.1) is 10.8 Å². The van der Waals surface area contributed by atoms with Gasteiger partial charge in [-0.25, -0.2) is 4.98 Å². The highest BCUT2D eigenvalue weighted by atomic mass is 15.3. The zero-order valence-electron chi connectivity index (χ0n) is 21.1. The zero-order valence-corrected chi connectivity index (χ0v) is 21.1. The number of para-hydroxylation sites is 1. The van der Waals surface area contributed by atoms with Crippen molar-refractivity contribution in [3.05, 3.63) is 114 Å². The lowest BCUT2D eigenvalue weighted by Crippen LogP contribution is -2.45. The molecule has 0 radical (unpaired) electrons. The SMILES string of the molecule is N=C(c1ccc(CN2CCN(Cc3ccncc3)CC2)cc1)N1C(=N)c2ccccc2Nc2ncccc21. The minimum atomic E-state index is 0.249. The summed E-state index contributed by atoms with van der Waals surface area (Å²) in [4.78, 5) is 15.2. The first kappa shape index (κ1) is 24.0. The summed E-state index contributed by atoms with van der Waals surface area (Å²) < 4.78 is 0. The van der Waals surface area contributed by atoms with Crippen molar-refractivity contribution in [3.63, 3.8) is 0 Å². The number of hydrogen-bond acceptors (Lipinski definition) is 7. The molecule has 0 unspecified atom stereocenters. The van der Waals surface area contributed by atoms with E-state index in [1.165, 1.54) is 11.1 Å². The van der Waals surface area contributed by atoms with Gasteiger partial charge in [0.05, 0.1) is 11.4 Å². The number of anilines is 3. The molecule has 8 nitrogen and oxygen atoms in total. The van der Waals surface area contributed by atoms with Gasteiger partial charge in [-0.05, 0) is 47.5 Å². The predicted octanol–water partition coefficient (Wildman–Crippen LogP) is 4.71. The molecule has 0 bridgehead atoms. The van der Waals surface area contributed by atoms with Crippen LogP contribution in [0.25, 0.3) is 0 Å². The molecule has 4 aromatic rings. The first-order valence-corrected chi connectivity index (χ1v) is 12.9. The fourth-order valence-electron chi connectivity index (χ4n) is 5.08. The maximum atomic E-state index is 9.07. The van der Waals surface area contributed by atoms with Crippen molar-refractivity contribution < 1.29 is 0 Å². The zero-order chi connectivity index (χ0) is 25.9. The number of piperazine rings is 1. The van der Waals surface area contributed by atoms with Crippen LogP contribution in [0.4, 0.5) is 17.2 Å². The standard InChI is InChI=1S/C30H30N8/c31-28(38-27-6-3-13-34-30(27)35-26-5-2-1-4-25(26)29(38)32)24-9-7-22(8-10-24)20-36-16-18-37(19-17-36)21-23-11-14-33-15-12-23/h1-15,31-32H,16-21H2,(H,34,35). The first-order valence-electron chi connectivity index (χ1n) is 12.9. The monoisotopic (exact) mass is 502 g/mol. The van der Waals surface area contributed by atoms with Gasteiger partial charge in [0.25, 0.3) is 0 Å². The molecule has 1 fully saturated rings. The van der Waals surface area contributed by atoms with E-state index in [1.807, 2.05) is 60.9 Å². The number of hydrogen-bond donors (Lipinski definition) is 3. The summed E-state index contributed by atoms with van der Waals surface area (Å²) in [5.74, 6) is 1.13. The van der Waals surface area contributed by atoms with Gasteiger partial charge in [0.1, 0.15) is 11.7 Å². The van der Waals surface area contributed by atoms with Crippen LogP contribution in [0.1, 0.15) is 22.3 Å². The van der Waals surface area contributed by atoms with Crippen molar-refractivity contribution in [2.45, 2.75) is 13.1 Å². The van der Waals surface area contributed by atoms with E-state index in [1.54, 1.807) is 11.1 Å². The van der Waals surface area contributed by atoms with Crippen molar-refractivity contribution in [3.8, 4) is 0 Å². The Kier molecular flexibility index (Phi) is 6.64. The third-order valence-corrected chi connectivity index (χ3v) is 7.16. The average Bonchev–Trinajstić information content (AvgIpc) is 3.08. The van der Waals surface area contributed by atoms with Crippen molar-refractivity contribution in [2.75, 3.05) is 36.4 Å². The van der Waals surface area contributed by atoms with E-state index in [2.05, 4.69) is 49.4 Å². The van der Waals surface area contributed by atoms with Gasteiger partial charge in [-0.1, -0.05) is 36.4 Å². The Morgan fingerprint density at radius 3 is 2.13 bits per heavy atom. The first-order chi connectivity index (χ1) is 18.7. The summed E-state index contributed by atoms with van der Waals surface area (Å²) in [5.41, 5.74) is 5.52. The Bertz CT molecular complexity index is 1440. The van der Waals surface area contributed by atoms with Gasteiger partial charge < -0.3 is 5.32 Å². The molecule has 0 amide bonds. The summed E-state index contributed by atoms with van der Waals surface area (Å²) in [6.07, 6.45) is 5.44. The van der Waals surface area contributed by atoms with E-state index in [0.29, 0.717) is 11.5 Å². The van der Waals surface area contributed by atoms with Crippen LogP contribution < -0.4 is 10.2 Å². The maximum Gasteiger partial charge on any atom is 0.154 e. The molecule has 2 aromatic heterocycles. The van der Waals surface area contributed by atoms with Gasteiger partial charge in [-0.2, -0.15) is 0 Å². The van der Waals surface area contributed by atoms with E-state index in [9.17, 15) is 0 Å². The number of nitrogens with one attached hydrogen (secondary N) is 3. The summed E-state index contributed by atoms with van der Waals surface area (Å²) >= 11 is 0. The average molecular weight is 503 g/mol. The smallest absolute Gasteiger partial charge is 0.154 e. The Morgan fingerprint density at radius 2 is 1.42 bits per heavy atom. The van der Waals surface area contributed by atoms with Gasteiger partial charge in [-0.15, -0.1) is 0 Å². The minimum absolute atomic E-state index is 0.249. The highest BCUT2D eigenvalue weighted by Gasteiger charge is 2.28. The van der Waals surface area contributed by atoms with Gasteiger partial charge in [-0.3, -0.25) is 30.5 Å². The Morgan fingerprint density at radius 1 is 0.763 bits per heavy atom. The van der Waals surface area contributed by atoms with Crippen LogP contribution in [0.2, 0.25) is 0 Å². The van der Waals surface area contributed by atoms with E-state index in [4.69, 9.17) is 10.8 Å². The molecule has 38 heavy (non-hydrogen) atoms. The topological polar surface area (TPSA) is 95.2 Å². The third-order valence-electron chi connectivity index (χ3n) is 7.16. The number of amidine groups is 2. The molecule has 6 rings (SSSR count). The van der Waals surface area contributed by atoms with Crippen LogP contribution in [0.5, 0.6) is 0 Å². The van der Waals surface area contributed by atoms with Crippen molar-refractivity contribution in [1.29, 1.82) is 10.8 Å². The second-order valence-corrected chi connectivity index (χ2v) is 9.68. The molecule has 4 heterocycles. The van der Waals surface area contributed by atoms with Crippen LogP contribution in [-0.4, -0.2) is 57.6 Å². The summed E-state index contributed by atoms with van der Waals surface area (Å²) in [6.45, 7) is 6.02. The van der Waals surface area contributed by atoms with E-state index in [0.717, 1.165) is 56.1 Å². The second kappa shape index (κ2) is 10.5. The molecular weight excluding hydrogens is 472 g/mol. The van der Waals surface area contributed by atoms with E-state index in [-0.39, 0.29) is 11.7 Å².